The fourth-order valence-corrected chi connectivity index (χ4v) is 1.04. The first-order chi connectivity index (χ1) is 6.77. The average Bonchev–Trinajstić information content (AvgIpc) is 2.17. The van der Waals surface area contributed by atoms with Gasteiger partial charge in [0.05, 0.1) is 0 Å². The molecule has 1 rings (SSSR count). The molecule has 1 aromatic rings. The lowest BCUT2D eigenvalue weighted by molar-refractivity contribution is 1.14. The Morgan fingerprint density at radius 2 is 2.29 bits per heavy atom. The van der Waals surface area contributed by atoms with E-state index < -0.39 is 0 Å². The van der Waals surface area contributed by atoms with Crippen LogP contribution in [0.4, 0.5) is 0 Å². The van der Waals surface area contributed by atoms with E-state index >= 15 is 0 Å². The van der Waals surface area contributed by atoms with Crippen molar-refractivity contribution in [3.05, 3.63) is 55.1 Å². The number of amidine groups is 1. The molecule has 0 spiro atoms. The minimum atomic E-state index is 0.652. The van der Waals surface area contributed by atoms with E-state index in [1.54, 1.807) is 6.20 Å². The standard InChI is InChI=1S/C11H13N3/c1-4-12-11(13-5-2)10-8-6-7-9(3)14-10/h4-8H,1-2H2,3H3,(H,12,13). The molecule has 0 aliphatic rings. The molecular formula is C11H13N3. The summed E-state index contributed by atoms with van der Waals surface area (Å²) in [5, 5.41) is 2.91. The van der Waals surface area contributed by atoms with Crippen LogP contribution in [0, 0.1) is 6.92 Å². The van der Waals surface area contributed by atoms with Crippen molar-refractivity contribution in [2.24, 2.45) is 4.99 Å². The summed E-state index contributed by atoms with van der Waals surface area (Å²) in [6.07, 6.45) is 3.03. The molecule has 1 heterocycles. The van der Waals surface area contributed by atoms with E-state index in [1.165, 1.54) is 6.20 Å². The summed E-state index contributed by atoms with van der Waals surface area (Å²) >= 11 is 0. The first kappa shape index (κ1) is 10.2. The SMILES string of the molecule is C=CN=C(NC=C)c1cccc(C)n1. The Hall–Kier alpha value is -1.90. The smallest absolute Gasteiger partial charge is 0.155 e. The van der Waals surface area contributed by atoms with Gasteiger partial charge in [-0.1, -0.05) is 19.2 Å². The highest BCUT2D eigenvalue weighted by molar-refractivity contribution is 5.97. The summed E-state index contributed by atoms with van der Waals surface area (Å²) < 4.78 is 0. The zero-order valence-electron chi connectivity index (χ0n) is 8.20. The van der Waals surface area contributed by atoms with Crippen LogP contribution in [0.5, 0.6) is 0 Å². The van der Waals surface area contributed by atoms with E-state index in [9.17, 15) is 0 Å². The third kappa shape index (κ3) is 2.55. The van der Waals surface area contributed by atoms with Gasteiger partial charge in [0.15, 0.2) is 5.84 Å². The second-order valence-electron chi connectivity index (χ2n) is 2.67. The Morgan fingerprint density at radius 3 is 2.86 bits per heavy atom. The molecule has 0 unspecified atom stereocenters. The predicted octanol–water partition coefficient (Wildman–Crippen LogP) is 2.01. The molecule has 1 aromatic heterocycles. The van der Waals surface area contributed by atoms with Gasteiger partial charge in [-0.3, -0.25) is 0 Å². The average molecular weight is 187 g/mol. The van der Waals surface area contributed by atoms with Crippen LogP contribution in [0.1, 0.15) is 11.4 Å². The molecule has 0 saturated heterocycles. The monoisotopic (exact) mass is 187 g/mol. The highest BCUT2D eigenvalue weighted by Crippen LogP contribution is 1.99. The maximum atomic E-state index is 4.32. The van der Waals surface area contributed by atoms with E-state index in [-0.39, 0.29) is 0 Å². The Balaban J connectivity index is 3.04. The van der Waals surface area contributed by atoms with Crippen molar-refractivity contribution in [3.63, 3.8) is 0 Å². The molecule has 3 heteroatoms. The van der Waals surface area contributed by atoms with Crippen LogP contribution in [-0.2, 0) is 0 Å². The molecule has 0 radical (unpaired) electrons. The van der Waals surface area contributed by atoms with Crippen LogP contribution in [0.2, 0.25) is 0 Å². The van der Waals surface area contributed by atoms with Crippen molar-refractivity contribution in [3.8, 4) is 0 Å². The molecular weight excluding hydrogens is 174 g/mol. The quantitative estimate of drug-likeness (QED) is 0.580. The molecule has 0 aliphatic carbocycles. The van der Waals surface area contributed by atoms with E-state index in [0.717, 1.165) is 11.4 Å². The molecule has 0 bridgehead atoms. The number of hydrogen-bond acceptors (Lipinski definition) is 2. The number of nitrogens with zero attached hydrogens (tertiary/aromatic N) is 2. The van der Waals surface area contributed by atoms with Gasteiger partial charge in [0.1, 0.15) is 5.69 Å². The Labute approximate surface area is 83.9 Å². The minimum Gasteiger partial charge on any atom is -0.345 e. The lowest BCUT2D eigenvalue weighted by Gasteiger charge is -2.04. The fourth-order valence-electron chi connectivity index (χ4n) is 1.04. The number of rotatable bonds is 3. The second-order valence-corrected chi connectivity index (χ2v) is 2.67. The predicted molar refractivity (Wildman–Crippen MR) is 59.0 cm³/mol. The van der Waals surface area contributed by atoms with Crippen LogP contribution in [0.25, 0.3) is 0 Å². The maximum Gasteiger partial charge on any atom is 0.155 e. The molecule has 14 heavy (non-hydrogen) atoms. The third-order valence-electron chi connectivity index (χ3n) is 1.59. The van der Waals surface area contributed by atoms with Gasteiger partial charge in [-0.2, -0.15) is 0 Å². The molecule has 0 amide bonds. The van der Waals surface area contributed by atoms with Crippen molar-refractivity contribution >= 4 is 5.84 Å². The zero-order chi connectivity index (χ0) is 10.4. The number of pyridine rings is 1. The molecule has 1 N–H and O–H groups in total. The van der Waals surface area contributed by atoms with Crippen molar-refractivity contribution in [2.45, 2.75) is 6.92 Å². The van der Waals surface area contributed by atoms with Gasteiger partial charge in [0, 0.05) is 11.9 Å². The molecule has 0 atom stereocenters. The Kier molecular flexibility index (Phi) is 3.61. The van der Waals surface area contributed by atoms with Gasteiger partial charge >= 0.3 is 0 Å². The molecule has 0 saturated carbocycles. The maximum absolute atomic E-state index is 4.32. The molecule has 0 aliphatic heterocycles. The van der Waals surface area contributed by atoms with Crippen molar-refractivity contribution in [1.82, 2.24) is 10.3 Å². The van der Waals surface area contributed by atoms with Gasteiger partial charge < -0.3 is 5.32 Å². The van der Waals surface area contributed by atoms with E-state index in [2.05, 4.69) is 28.5 Å². The number of aliphatic imine (C=N–C) groups is 1. The van der Waals surface area contributed by atoms with Crippen LogP contribution < -0.4 is 5.32 Å². The number of hydrogen-bond donors (Lipinski definition) is 1. The fraction of sp³-hybridized carbons (Fsp3) is 0.0909. The topological polar surface area (TPSA) is 37.3 Å². The summed E-state index contributed by atoms with van der Waals surface area (Å²) in [5.74, 6) is 0.652. The Morgan fingerprint density at radius 1 is 1.50 bits per heavy atom. The van der Waals surface area contributed by atoms with E-state index in [1.807, 2.05) is 25.1 Å². The number of aromatic nitrogens is 1. The van der Waals surface area contributed by atoms with Crippen molar-refractivity contribution < 1.29 is 0 Å². The summed E-state index contributed by atoms with van der Waals surface area (Å²) in [6, 6.07) is 5.75. The third-order valence-corrected chi connectivity index (χ3v) is 1.59. The van der Waals surface area contributed by atoms with Crippen molar-refractivity contribution in [1.29, 1.82) is 0 Å². The zero-order valence-corrected chi connectivity index (χ0v) is 8.20. The van der Waals surface area contributed by atoms with Crippen molar-refractivity contribution in [2.75, 3.05) is 0 Å². The second kappa shape index (κ2) is 4.97. The first-order valence-electron chi connectivity index (χ1n) is 4.28. The molecule has 3 nitrogen and oxygen atoms in total. The summed E-state index contributed by atoms with van der Waals surface area (Å²) in [4.78, 5) is 8.38. The van der Waals surface area contributed by atoms with E-state index in [0.29, 0.717) is 5.84 Å². The van der Waals surface area contributed by atoms with Gasteiger partial charge in [0.2, 0.25) is 0 Å². The summed E-state index contributed by atoms with van der Waals surface area (Å²) in [6.45, 7) is 9.05. The van der Waals surface area contributed by atoms with Crippen LogP contribution in [0.3, 0.4) is 0 Å². The normalized spacial score (nSPS) is 10.8. The number of nitrogens with one attached hydrogen (secondary N) is 1. The highest BCUT2D eigenvalue weighted by Gasteiger charge is 2.01. The largest absolute Gasteiger partial charge is 0.345 e. The lowest BCUT2D eigenvalue weighted by atomic mass is 10.3. The van der Waals surface area contributed by atoms with Crippen LogP contribution in [0.15, 0.2) is 48.7 Å². The lowest BCUT2D eigenvalue weighted by Crippen LogP contribution is -2.19. The molecule has 0 aromatic carbocycles. The minimum absolute atomic E-state index is 0.652. The van der Waals surface area contributed by atoms with Gasteiger partial charge in [-0.25, -0.2) is 9.98 Å². The van der Waals surface area contributed by atoms with Gasteiger partial charge in [-0.15, -0.1) is 0 Å². The first-order valence-corrected chi connectivity index (χ1v) is 4.28. The van der Waals surface area contributed by atoms with Gasteiger partial charge in [-0.05, 0) is 25.3 Å². The Bertz CT molecular complexity index is 367. The number of aryl methyl sites for hydroxylation is 1. The van der Waals surface area contributed by atoms with Crippen LogP contribution in [-0.4, -0.2) is 10.8 Å². The highest BCUT2D eigenvalue weighted by atomic mass is 15.0. The summed E-state index contributed by atoms with van der Waals surface area (Å²) in [5.41, 5.74) is 1.73. The molecule has 72 valence electrons. The van der Waals surface area contributed by atoms with E-state index in [4.69, 9.17) is 0 Å². The van der Waals surface area contributed by atoms with Gasteiger partial charge in [0.25, 0.3) is 0 Å². The van der Waals surface area contributed by atoms with Crippen LogP contribution >= 0.6 is 0 Å². The summed E-state index contributed by atoms with van der Waals surface area (Å²) in [7, 11) is 0. The molecule has 0 fully saturated rings.